The first-order valence-electron chi connectivity index (χ1n) is 10.9. The van der Waals surface area contributed by atoms with E-state index in [0.717, 1.165) is 4.31 Å². The monoisotopic (exact) mass is 633 g/mol. The van der Waals surface area contributed by atoms with Gasteiger partial charge in [-0.1, -0.05) is 15.9 Å². The van der Waals surface area contributed by atoms with Gasteiger partial charge >= 0.3 is 0 Å². The number of rotatable bonds is 9. The predicted molar refractivity (Wildman–Crippen MR) is 138 cm³/mol. The lowest BCUT2D eigenvalue weighted by molar-refractivity contribution is 0.292. The van der Waals surface area contributed by atoms with E-state index < -0.39 is 42.3 Å². The summed E-state index contributed by atoms with van der Waals surface area (Å²) >= 11 is 3.26. The summed E-state index contributed by atoms with van der Waals surface area (Å²) in [5.74, 6) is -0.196. The minimum Gasteiger partial charge on any atom is -0.497 e. The van der Waals surface area contributed by atoms with Crippen molar-refractivity contribution in [3.8, 4) is 11.5 Å². The molecule has 3 aromatic rings. The Labute approximate surface area is 224 Å². The van der Waals surface area contributed by atoms with Crippen LogP contribution in [0.4, 0.5) is 0 Å². The number of ether oxygens (including phenoxy) is 2. The molecule has 0 spiro atoms. The van der Waals surface area contributed by atoms with E-state index in [0.29, 0.717) is 4.47 Å². The summed E-state index contributed by atoms with van der Waals surface area (Å²) < 4.78 is 96.0. The molecule has 1 aromatic heterocycles. The smallest absolute Gasteiger partial charge is 0.247 e. The van der Waals surface area contributed by atoms with Gasteiger partial charge in [-0.2, -0.15) is 4.31 Å². The number of sulfone groups is 2. The molecule has 200 valence electrons. The molecule has 1 fully saturated rings. The van der Waals surface area contributed by atoms with Crippen molar-refractivity contribution in [3.63, 3.8) is 0 Å². The fraction of sp³-hybridized carbons (Fsp3) is 0.304. The van der Waals surface area contributed by atoms with Gasteiger partial charge in [0.25, 0.3) is 0 Å². The van der Waals surface area contributed by atoms with Crippen LogP contribution >= 0.6 is 15.9 Å². The fourth-order valence-corrected chi connectivity index (χ4v) is 9.07. The average molecular weight is 635 g/mol. The highest BCUT2D eigenvalue weighted by molar-refractivity contribution is 9.10. The molecular weight excluding hydrogens is 610 g/mol. The van der Waals surface area contributed by atoms with E-state index in [1.807, 2.05) is 0 Å². The van der Waals surface area contributed by atoms with Crippen molar-refractivity contribution in [2.75, 3.05) is 25.7 Å². The summed E-state index contributed by atoms with van der Waals surface area (Å²) in [6, 6.07) is 12.0. The summed E-state index contributed by atoms with van der Waals surface area (Å²) in [7, 11) is -9.10. The Balaban J connectivity index is 1.74. The van der Waals surface area contributed by atoms with Crippen LogP contribution in [0.2, 0.25) is 0 Å². The van der Waals surface area contributed by atoms with Crippen molar-refractivity contribution in [2.24, 2.45) is 0 Å². The van der Waals surface area contributed by atoms with Crippen molar-refractivity contribution >= 4 is 45.6 Å². The third kappa shape index (κ3) is 5.72. The van der Waals surface area contributed by atoms with Crippen LogP contribution in [0.25, 0.3) is 0 Å². The molecule has 4 rings (SSSR count). The zero-order chi connectivity index (χ0) is 27.0. The van der Waals surface area contributed by atoms with Crippen LogP contribution < -0.4 is 9.47 Å². The van der Waals surface area contributed by atoms with Gasteiger partial charge < -0.3 is 13.9 Å². The summed E-state index contributed by atoms with van der Waals surface area (Å²) in [4.78, 5) is -0.211. The number of nitrogens with zero attached hydrogens (tertiary/aromatic N) is 1. The van der Waals surface area contributed by atoms with E-state index in [-0.39, 0.29) is 50.1 Å². The normalized spacial score (nSPS) is 17.7. The van der Waals surface area contributed by atoms with Crippen LogP contribution in [-0.4, -0.2) is 61.3 Å². The van der Waals surface area contributed by atoms with Crippen LogP contribution in [-0.2, 0) is 36.2 Å². The van der Waals surface area contributed by atoms with E-state index in [2.05, 4.69) is 15.9 Å². The van der Waals surface area contributed by atoms with E-state index in [9.17, 15) is 25.3 Å². The summed E-state index contributed by atoms with van der Waals surface area (Å²) in [5, 5.41) is -0.361. The Morgan fingerprint density at radius 2 is 1.70 bits per heavy atom. The van der Waals surface area contributed by atoms with Crippen molar-refractivity contribution in [1.29, 1.82) is 0 Å². The SMILES string of the molecule is COc1ccc(OC)c(S(=O)(=O)N(Cc2ccc(S(=O)(=O)c3ccc(Br)cc3)o2)C2CCS(=O)(=O)C2)c1. The molecule has 14 heteroatoms. The average Bonchev–Trinajstić information content (AvgIpc) is 3.48. The van der Waals surface area contributed by atoms with Crippen LogP contribution in [0.1, 0.15) is 12.2 Å². The summed E-state index contributed by atoms with van der Waals surface area (Å²) in [5.41, 5.74) is 0. The number of furan rings is 1. The van der Waals surface area contributed by atoms with Gasteiger partial charge in [-0.25, -0.2) is 25.3 Å². The Kier molecular flexibility index (Phi) is 7.77. The molecule has 10 nitrogen and oxygen atoms in total. The Bertz CT molecular complexity index is 1610. The maximum atomic E-state index is 13.9. The fourth-order valence-electron chi connectivity index (χ4n) is 4.00. The first-order valence-corrected chi connectivity index (χ1v) is 16.4. The lowest BCUT2D eigenvalue weighted by Crippen LogP contribution is -2.40. The van der Waals surface area contributed by atoms with Crippen molar-refractivity contribution in [1.82, 2.24) is 4.31 Å². The zero-order valence-corrected chi connectivity index (χ0v) is 23.9. The number of hydrogen-bond acceptors (Lipinski definition) is 9. The highest BCUT2D eigenvalue weighted by Crippen LogP contribution is 2.35. The Morgan fingerprint density at radius 1 is 1.00 bits per heavy atom. The molecule has 0 N–H and O–H groups in total. The number of hydrogen-bond donors (Lipinski definition) is 0. The molecule has 1 aliphatic rings. The van der Waals surface area contributed by atoms with Crippen LogP contribution in [0.3, 0.4) is 0 Å². The largest absolute Gasteiger partial charge is 0.497 e. The number of benzene rings is 2. The molecule has 0 saturated carbocycles. The highest BCUT2D eigenvalue weighted by atomic mass is 79.9. The predicted octanol–water partition coefficient (Wildman–Crippen LogP) is 3.27. The minimum atomic E-state index is -4.34. The maximum absolute atomic E-state index is 13.9. The third-order valence-corrected chi connectivity index (χ3v) is 11.8. The molecule has 0 amide bonds. The first-order chi connectivity index (χ1) is 17.4. The Morgan fingerprint density at radius 3 is 2.30 bits per heavy atom. The molecule has 2 heterocycles. The summed E-state index contributed by atoms with van der Waals surface area (Å²) in [6.07, 6.45) is 0.0819. The van der Waals surface area contributed by atoms with Gasteiger partial charge in [0.05, 0.1) is 37.2 Å². The molecular formula is C23H24BrNO9S3. The van der Waals surface area contributed by atoms with Gasteiger partial charge in [-0.3, -0.25) is 0 Å². The number of halogens is 1. The molecule has 0 aliphatic carbocycles. The van der Waals surface area contributed by atoms with Crippen molar-refractivity contribution < 1.29 is 39.1 Å². The second-order valence-corrected chi connectivity index (χ2v) is 15.2. The van der Waals surface area contributed by atoms with Crippen LogP contribution in [0.5, 0.6) is 11.5 Å². The van der Waals surface area contributed by atoms with Gasteiger partial charge in [-0.15, -0.1) is 0 Å². The maximum Gasteiger partial charge on any atom is 0.247 e. The molecule has 0 radical (unpaired) electrons. The van der Waals surface area contributed by atoms with Crippen molar-refractivity contribution in [2.45, 2.75) is 33.9 Å². The molecule has 1 unspecified atom stereocenters. The van der Waals surface area contributed by atoms with Crippen LogP contribution in [0, 0.1) is 0 Å². The Hall–Kier alpha value is -2.39. The van der Waals surface area contributed by atoms with Gasteiger partial charge in [0.2, 0.25) is 25.0 Å². The molecule has 1 aliphatic heterocycles. The van der Waals surface area contributed by atoms with E-state index in [4.69, 9.17) is 13.9 Å². The van der Waals surface area contributed by atoms with Crippen molar-refractivity contribution in [3.05, 3.63) is 64.8 Å². The minimum absolute atomic E-state index is 0.00378. The highest BCUT2D eigenvalue weighted by Gasteiger charge is 2.41. The lowest BCUT2D eigenvalue weighted by atomic mass is 10.2. The molecule has 1 saturated heterocycles. The molecule has 1 atom stereocenters. The number of methoxy groups -OCH3 is 2. The van der Waals surface area contributed by atoms with Crippen LogP contribution in [0.15, 0.2) is 78.4 Å². The lowest BCUT2D eigenvalue weighted by Gasteiger charge is -2.27. The third-order valence-electron chi connectivity index (χ3n) is 5.91. The van der Waals surface area contributed by atoms with E-state index in [1.54, 1.807) is 12.1 Å². The molecule has 0 bridgehead atoms. The summed E-state index contributed by atoms with van der Waals surface area (Å²) in [6.45, 7) is -0.390. The topological polar surface area (TPSA) is 137 Å². The standard InChI is InChI=1S/C23H24BrNO9S3/c1-32-18-5-9-21(33-2)22(13-18)37(30,31)25(17-11-12-35(26,27)15-17)14-19-6-10-23(34-19)36(28,29)20-7-3-16(24)4-8-20/h3-10,13,17H,11-12,14-15H2,1-2H3. The second-order valence-electron chi connectivity index (χ2n) is 8.30. The van der Waals surface area contributed by atoms with E-state index >= 15 is 0 Å². The molecule has 2 aromatic carbocycles. The van der Waals surface area contributed by atoms with Gasteiger partial charge in [0.15, 0.2) is 9.84 Å². The first kappa shape index (κ1) is 27.6. The van der Waals surface area contributed by atoms with Gasteiger partial charge in [-0.05, 0) is 55.0 Å². The molecule has 37 heavy (non-hydrogen) atoms. The second kappa shape index (κ2) is 10.4. The zero-order valence-electron chi connectivity index (χ0n) is 19.8. The van der Waals surface area contributed by atoms with E-state index in [1.165, 1.54) is 56.7 Å². The number of sulfonamides is 1. The van der Waals surface area contributed by atoms with Gasteiger partial charge in [0.1, 0.15) is 22.2 Å². The quantitative estimate of drug-likeness (QED) is 0.347. The van der Waals surface area contributed by atoms with Gasteiger partial charge in [0, 0.05) is 16.6 Å².